The van der Waals surface area contributed by atoms with Crippen LogP contribution < -0.4 is 0 Å². The van der Waals surface area contributed by atoms with Crippen molar-refractivity contribution in [3.05, 3.63) is 11.1 Å². The Balaban J connectivity index is 0.000000671. The molecule has 0 aliphatic heterocycles. The molecule has 0 spiro atoms. The number of hydrogen-bond acceptors (Lipinski definition) is 2. The number of carboxylic acids is 1. The second-order valence-electron chi connectivity index (χ2n) is 2.67. The van der Waals surface area contributed by atoms with E-state index in [2.05, 4.69) is 0 Å². The summed E-state index contributed by atoms with van der Waals surface area (Å²) >= 11 is 0. The van der Waals surface area contributed by atoms with Gasteiger partial charge in [-0.1, -0.05) is 13.8 Å². The third-order valence-electron chi connectivity index (χ3n) is 1.90. The maximum Gasteiger partial charge on any atom is 0.331 e. The van der Waals surface area contributed by atoms with Crippen molar-refractivity contribution in [2.45, 2.75) is 40.0 Å². The summed E-state index contributed by atoms with van der Waals surface area (Å²) in [7, 11) is 0. The SMILES string of the molecule is CC.CC(=O)C1=C(C(=O)O)CCC1. The minimum atomic E-state index is -0.937. The van der Waals surface area contributed by atoms with Gasteiger partial charge in [0.25, 0.3) is 0 Å². The van der Waals surface area contributed by atoms with Gasteiger partial charge in [-0.05, 0) is 26.2 Å². The van der Waals surface area contributed by atoms with Crippen LogP contribution in [0.4, 0.5) is 0 Å². The van der Waals surface area contributed by atoms with Gasteiger partial charge in [0.15, 0.2) is 5.78 Å². The summed E-state index contributed by atoms with van der Waals surface area (Å²) in [4.78, 5) is 21.3. The molecule has 1 rings (SSSR count). The Morgan fingerprint density at radius 3 is 1.92 bits per heavy atom. The maximum atomic E-state index is 10.8. The number of carbonyl (C=O) groups excluding carboxylic acids is 1. The smallest absolute Gasteiger partial charge is 0.331 e. The van der Waals surface area contributed by atoms with E-state index in [0.29, 0.717) is 24.0 Å². The molecule has 0 heterocycles. The Kier molecular flexibility index (Phi) is 5.04. The quantitative estimate of drug-likeness (QED) is 0.715. The van der Waals surface area contributed by atoms with Crippen molar-refractivity contribution in [3.63, 3.8) is 0 Å². The Morgan fingerprint density at radius 1 is 1.15 bits per heavy atom. The van der Waals surface area contributed by atoms with Gasteiger partial charge in [0.1, 0.15) is 0 Å². The first-order valence-electron chi connectivity index (χ1n) is 4.59. The molecule has 13 heavy (non-hydrogen) atoms. The average molecular weight is 184 g/mol. The standard InChI is InChI=1S/C8H10O3.C2H6/c1-5(9)6-3-2-4-7(6)8(10)11;1-2/h2-4H2,1H3,(H,10,11);1-2H3. The molecule has 74 valence electrons. The normalized spacial score (nSPS) is 15.0. The van der Waals surface area contributed by atoms with Crippen LogP contribution in [0.2, 0.25) is 0 Å². The lowest BCUT2D eigenvalue weighted by atomic mass is 10.1. The van der Waals surface area contributed by atoms with Gasteiger partial charge in [-0.15, -0.1) is 0 Å². The van der Waals surface area contributed by atoms with Crippen molar-refractivity contribution in [1.29, 1.82) is 0 Å². The highest BCUT2D eigenvalue weighted by atomic mass is 16.4. The number of ketones is 1. The summed E-state index contributed by atoms with van der Waals surface area (Å²) in [5, 5.41) is 8.62. The number of rotatable bonds is 2. The van der Waals surface area contributed by atoms with E-state index in [4.69, 9.17) is 5.11 Å². The molecule has 1 N–H and O–H groups in total. The van der Waals surface area contributed by atoms with Crippen molar-refractivity contribution < 1.29 is 14.7 Å². The van der Waals surface area contributed by atoms with E-state index in [1.165, 1.54) is 6.92 Å². The molecule has 0 radical (unpaired) electrons. The number of carboxylic acid groups (broad SMARTS) is 1. The molecule has 0 saturated heterocycles. The lowest BCUT2D eigenvalue weighted by Crippen LogP contribution is -2.04. The van der Waals surface area contributed by atoms with Crippen LogP contribution in [0.15, 0.2) is 11.1 Å². The average Bonchev–Trinajstić information content (AvgIpc) is 2.55. The first-order chi connectivity index (χ1) is 6.13. The molecule has 0 atom stereocenters. The Hall–Kier alpha value is -1.12. The van der Waals surface area contributed by atoms with Crippen molar-refractivity contribution >= 4 is 11.8 Å². The van der Waals surface area contributed by atoms with Gasteiger partial charge in [0, 0.05) is 11.1 Å². The number of carbonyl (C=O) groups is 2. The number of hydrogen-bond donors (Lipinski definition) is 1. The lowest BCUT2D eigenvalue weighted by molar-refractivity contribution is -0.133. The van der Waals surface area contributed by atoms with Gasteiger partial charge in [-0.2, -0.15) is 0 Å². The topological polar surface area (TPSA) is 54.4 Å². The fourth-order valence-corrected chi connectivity index (χ4v) is 1.37. The van der Waals surface area contributed by atoms with E-state index in [-0.39, 0.29) is 5.78 Å². The van der Waals surface area contributed by atoms with E-state index in [0.717, 1.165) is 6.42 Å². The zero-order chi connectivity index (χ0) is 10.4. The van der Waals surface area contributed by atoms with Gasteiger partial charge < -0.3 is 5.11 Å². The van der Waals surface area contributed by atoms with Crippen LogP contribution in [-0.4, -0.2) is 16.9 Å². The van der Waals surface area contributed by atoms with Gasteiger partial charge in [0.05, 0.1) is 0 Å². The first-order valence-corrected chi connectivity index (χ1v) is 4.59. The molecular weight excluding hydrogens is 168 g/mol. The first kappa shape index (κ1) is 11.9. The second kappa shape index (κ2) is 5.51. The molecule has 0 unspecified atom stereocenters. The van der Waals surface area contributed by atoms with E-state index in [9.17, 15) is 9.59 Å². The summed E-state index contributed by atoms with van der Waals surface area (Å²) < 4.78 is 0. The highest BCUT2D eigenvalue weighted by Gasteiger charge is 2.22. The molecule has 0 aromatic rings. The highest BCUT2D eigenvalue weighted by Crippen LogP contribution is 2.26. The third kappa shape index (κ3) is 3.01. The van der Waals surface area contributed by atoms with Crippen LogP contribution in [-0.2, 0) is 9.59 Å². The Morgan fingerprint density at radius 2 is 1.62 bits per heavy atom. The van der Waals surface area contributed by atoms with Crippen LogP contribution in [0, 0.1) is 0 Å². The van der Waals surface area contributed by atoms with Crippen molar-refractivity contribution in [3.8, 4) is 0 Å². The fourth-order valence-electron chi connectivity index (χ4n) is 1.37. The summed E-state index contributed by atoms with van der Waals surface area (Å²) in [6.07, 6.45) is 1.98. The maximum absolute atomic E-state index is 10.8. The van der Waals surface area contributed by atoms with Crippen LogP contribution in [0.3, 0.4) is 0 Å². The van der Waals surface area contributed by atoms with Gasteiger partial charge in [0.2, 0.25) is 0 Å². The minimum absolute atomic E-state index is 0.0973. The van der Waals surface area contributed by atoms with E-state index < -0.39 is 5.97 Å². The predicted molar refractivity (Wildman–Crippen MR) is 50.5 cm³/mol. The summed E-state index contributed by atoms with van der Waals surface area (Å²) in [6, 6.07) is 0. The zero-order valence-corrected chi connectivity index (χ0v) is 8.39. The minimum Gasteiger partial charge on any atom is -0.478 e. The van der Waals surface area contributed by atoms with Gasteiger partial charge >= 0.3 is 5.97 Å². The monoisotopic (exact) mass is 184 g/mol. The highest BCUT2D eigenvalue weighted by molar-refractivity contribution is 6.02. The van der Waals surface area contributed by atoms with Crippen LogP contribution in [0.1, 0.15) is 40.0 Å². The molecule has 0 amide bonds. The summed E-state index contributed by atoms with van der Waals surface area (Å²) in [5.74, 6) is -1.03. The molecule has 1 aliphatic rings. The number of aliphatic carboxylic acids is 1. The third-order valence-corrected chi connectivity index (χ3v) is 1.90. The molecule has 0 saturated carbocycles. The number of Topliss-reactive ketones (excluding diaryl/α,β-unsaturated/α-hetero) is 1. The van der Waals surface area contributed by atoms with Crippen LogP contribution in [0.25, 0.3) is 0 Å². The largest absolute Gasteiger partial charge is 0.478 e. The van der Waals surface area contributed by atoms with Crippen molar-refractivity contribution in [2.75, 3.05) is 0 Å². The van der Waals surface area contributed by atoms with Crippen LogP contribution in [0.5, 0.6) is 0 Å². The molecule has 0 aromatic carbocycles. The molecule has 0 fully saturated rings. The summed E-state index contributed by atoms with van der Waals surface area (Å²) in [5.41, 5.74) is 0.829. The predicted octanol–water partition coefficient (Wildman–Crippen LogP) is 2.17. The Bertz CT molecular complexity index is 215. The van der Waals surface area contributed by atoms with E-state index >= 15 is 0 Å². The Labute approximate surface area is 78.5 Å². The zero-order valence-electron chi connectivity index (χ0n) is 8.39. The van der Waals surface area contributed by atoms with E-state index in [1.807, 2.05) is 13.8 Å². The molecule has 3 heteroatoms. The molecule has 0 bridgehead atoms. The van der Waals surface area contributed by atoms with Gasteiger partial charge in [-0.3, -0.25) is 4.79 Å². The second-order valence-corrected chi connectivity index (χ2v) is 2.67. The van der Waals surface area contributed by atoms with E-state index in [1.54, 1.807) is 0 Å². The molecular formula is C10H16O3. The lowest BCUT2D eigenvalue weighted by Gasteiger charge is -1.96. The molecule has 0 aromatic heterocycles. The molecule has 1 aliphatic carbocycles. The van der Waals surface area contributed by atoms with Crippen molar-refractivity contribution in [1.82, 2.24) is 0 Å². The van der Waals surface area contributed by atoms with Gasteiger partial charge in [-0.25, -0.2) is 4.79 Å². The number of allylic oxidation sites excluding steroid dienone is 1. The molecule has 3 nitrogen and oxygen atoms in total. The fraction of sp³-hybridized carbons (Fsp3) is 0.600. The summed E-state index contributed by atoms with van der Waals surface area (Å²) in [6.45, 7) is 5.42. The van der Waals surface area contributed by atoms with Crippen LogP contribution >= 0.6 is 0 Å². The van der Waals surface area contributed by atoms with Crippen molar-refractivity contribution in [2.24, 2.45) is 0 Å².